The molecule has 0 heterocycles. The Morgan fingerprint density at radius 3 is 2.45 bits per heavy atom. The Bertz CT molecular complexity index is 510. The monoisotopic (exact) mass is 346 g/mol. The zero-order valence-corrected chi connectivity index (χ0v) is 14.0. The third-order valence-corrected chi connectivity index (χ3v) is 3.31. The Kier molecular flexibility index (Phi) is 8.70. The van der Waals surface area contributed by atoms with Crippen molar-refractivity contribution >= 4 is 35.0 Å². The first-order chi connectivity index (χ1) is 10.5. The number of carbonyl (C=O) groups is 2. The Labute approximate surface area is 140 Å². The predicted octanol–water partition coefficient (Wildman–Crippen LogP) is 2.79. The van der Waals surface area contributed by atoms with Crippen molar-refractivity contribution in [2.75, 3.05) is 19.7 Å². The summed E-state index contributed by atoms with van der Waals surface area (Å²) in [6, 6.07) is 4.78. The van der Waals surface area contributed by atoms with Crippen LogP contribution in [0.5, 0.6) is 5.75 Å². The summed E-state index contributed by atoms with van der Waals surface area (Å²) in [5.41, 5.74) is 0. The van der Waals surface area contributed by atoms with Crippen LogP contribution in [-0.4, -0.2) is 31.5 Å². The van der Waals surface area contributed by atoms with Crippen molar-refractivity contribution in [3.05, 3.63) is 28.2 Å². The van der Waals surface area contributed by atoms with Crippen LogP contribution in [0.2, 0.25) is 10.0 Å². The van der Waals surface area contributed by atoms with Crippen molar-refractivity contribution in [1.29, 1.82) is 0 Å². The number of benzene rings is 1. The quantitative estimate of drug-likeness (QED) is 0.675. The van der Waals surface area contributed by atoms with Crippen LogP contribution in [0.1, 0.15) is 26.2 Å². The lowest BCUT2D eigenvalue weighted by molar-refractivity contribution is -0.124. The third kappa shape index (κ3) is 7.52. The van der Waals surface area contributed by atoms with Crippen LogP contribution >= 0.6 is 23.2 Å². The van der Waals surface area contributed by atoms with E-state index >= 15 is 0 Å². The molecule has 1 rings (SSSR count). The van der Waals surface area contributed by atoms with Gasteiger partial charge in [0, 0.05) is 24.5 Å². The second-order valence-corrected chi connectivity index (χ2v) is 5.51. The van der Waals surface area contributed by atoms with Crippen LogP contribution in [0.3, 0.4) is 0 Å². The number of hydrogen-bond donors (Lipinski definition) is 2. The molecule has 0 spiro atoms. The molecular weight excluding hydrogens is 327 g/mol. The summed E-state index contributed by atoms with van der Waals surface area (Å²) in [4.78, 5) is 22.9. The van der Waals surface area contributed by atoms with Gasteiger partial charge in [-0.2, -0.15) is 0 Å². The maximum atomic E-state index is 11.6. The second-order valence-electron chi connectivity index (χ2n) is 4.67. The van der Waals surface area contributed by atoms with Crippen molar-refractivity contribution in [3.63, 3.8) is 0 Å². The molecule has 122 valence electrons. The van der Waals surface area contributed by atoms with E-state index in [2.05, 4.69) is 10.6 Å². The molecule has 22 heavy (non-hydrogen) atoms. The van der Waals surface area contributed by atoms with Gasteiger partial charge >= 0.3 is 0 Å². The van der Waals surface area contributed by atoms with Gasteiger partial charge in [0.15, 0.2) is 6.61 Å². The van der Waals surface area contributed by atoms with E-state index < -0.39 is 0 Å². The van der Waals surface area contributed by atoms with E-state index in [-0.39, 0.29) is 18.4 Å². The molecule has 1 aromatic carbocycles. The summed E-state index contributed by atoms with van der Waals surface area (Å²) in [5.74, 6) is 0.114. The number of ether oxygens (including phenoxy) is 1. The molecule has 2 amide bonds. The smallest absolute Gasteiger partial charge is 0.258 e. The zero-order chi connectivity index (χ0) is 16.4. The lowest BCUT2D eigenvalue weighted by Crippen LogP contribution is -2.36. The number of nitrogens with one attached hydrogen (secondary N) is 2. The van der Waals surface area contributed by atoms with Crippen molar-refractivity contribution in [2.24, 2.45) is 0 Å². The second kappa shape index (κ2) is 10.3. The minimum atomic E-state index is -0.283. The molecule has 0 atom stereocenters. The van der Waals surface area contributed by atoms with Crippen molar-refractivity contribution in [1.82, 2.24) is 10.6 Å². The van der Waals surface area contributed by atoms with Gasteiger partial charge in [0.2, 0.25) is 5.91 Å². The summed E-state index contributed by atoms with van der Waals surface area (Å²) < 4.78 is 5.29. The molecular formula is C15H20Cl2N2O3. The van der Waals surface area contributed by atoms with Gasteiger partial charge in [-0.15, -0.1) is 0 Å². The number of carbonyl (C=O) groups excluding carboxylic acids is 2. The standard InChI is InChI=1S/C15H20Cl2N2O3/c1-2-3-4-14(20)18-7-8-19-15(21)10-22-13-6-5-11(16)9-12(13)17/h5-6,9H,2-4,7-8,10H2,1H3,(H,18,20)(H,19,21). The molecule has 2 N–H and O–H groups in total. The maximum absolute atomic E-state index is 11.6. The summed E-state index contributed by atoms with van der Waals surface area (Å²) in [6.45, 7) is 2.63. The maximum Gasteiger partial charge on any atom is 0.258 e. The van der Waals surface area contributed by atoms with Gasteiger partial charge in [-0.3, -0.25) is 9.59 Å². The van der Waals surface area contributed by atoms with Crippen LogP contribution in [0.25, 0.3) is 0 Å². The van der Waals surface area contributed by atoms with Gasteiger partial charge in [-0.25, -0.2) is 0 Å². The third-order valence-electron chi connectivity index (χ3n) is 2.78. The van der Waals surface area contributed by atoms with E-state index in [1.807, 2.05) is 6.92 Å². The molecule has 5 nitrogen and oxygen atoms in total. The van der Waals surface area contributed by atoms with Gasteiger partial charge in [0.05, 0.1) is 5.02 Å². The van der Waals surface area contributed by atoms with E-state index in [4.69, 9.17) is 27.9 Å². The number of rotatable bonds is 9. The van der Waals surface area contributed by atoms with Crippen LogP contribution in [-0.2, 0) is 9.59 Å². The van der Waals surface area contributed by atoms with E-state index in [1.54, 1.807) is 18.2 Å². The number of amides is 2. The van der Waals surface area contributed by atoms with Gasteiger partial charge in [-0.05, 0) is 24.6 Å². The van der Waals surface area contributed by atoms with E-state index in [1.165, 1.54) is 0 Å². The molecule has 0 saturated heterocycles. The molecule has 0 aliphatic heterocycles. The van der Waals surface area contributed by atoms with Crippen molar-refractivity contribution in [2.45, 2.75) is 26.2 Å². The summed E-state index contributed by atoms with van der Waals surface area (Å²) >= 11 is 11.7. The fraction of sp³-hybridized carbons (Fsp3) is 0.467. The first-order valence-corrected chi connectivity index (χ1v) is 7.89. The Hall–Kier alpha value is -1.46. The van der Waals surface area contributed by atoms with Gasteiger partial charge < -0.3 is 15.4 Å². The summed E-state index contributed by atoms with van der Waals surface area (Å²) in [7, 11) is 0. The highest BCUT2D eigenvalue weighted by atomic mass is 35.5. The molecule has 0 radical (unpaired) electrons. The highest BCUT2D eigenvalue weighted by molar-refractivity contribution is 6.35. The van der Waals surface area contributed by atoms with Crippen LogP contribution < -0.4 is 15.4 Å². The Morgan fingerprint density at radius 2 is 1.82 bits per heavy atom. The number of halogens is 2. The Balaban J connectivity index is 2.17. The molecule has 0 aliphatic rings. The first kappa shape index (κ1) is 18.6. The minimum absolute atomic E-state index is 0.000273. The summed E-state index contributed by atoms with van der Waals surface area (Å²) in [5, 5.41) is 6.23. The molecule has 0 fully saturated rings. The molecule has 7 heteroatoms. The fourth-order valence-corrected chi connectivity index (χ4v) is 2.08. The van der Waals surface area contributed by atoms with Crippen LogP contribution in [0.15, 0.2) is 18.2 Å². The average molecular weight is 347 g/mol. The largest absolute Gasteiger partial charge is 0.482 e. The van der Waals surface area contributed by atoms with Crippen LogP contribution in [0.4, 0.5) is 0 Å². The number of unbranched alkanes of at least 4 members (excludes halogenated alkanes) is 1. The predicted molar refractivity (Wildman–Crippen MR) is 87.5 cm³/mol. The van der Waals surface area contributed by atoms with E-state index in [0.29, 0.717) is 35.3 Å². The van der Waals surface area contributed by atoms with Crippen molar-refractivity contribution in [3.8, 4) is 5.75 Å². The molecule has 0 bridgehead atoms. The normalized spacial score (nSPS) is 10.1. The van der Waals surface area contributed by atoms with Gasteiger partial charge in [-0.1, -0.05) is 36.5 Å². The number of hydrogen-bond acceptors (Lipinski definition) is 3. The fourth-order valence-electron chi connectivity index (χ4n) is 1.62. The lowest BCUT2D eigenvalue weighted by atomic mass is 10.2. The first-order valence-electron chi connectivity index (χ1n) is 7.14. The summed E-state index contributed by atoms with van der Waals surface area (Å²) in [6.07, 6.45) is 2.37. The minimum Gasteiger partial charge on any atom is -0.482 e. The molecule has 1 aromatic rings. The molecule has 0 unspecified atom stereocenters. The Morgan fingerprint density at radius 1 is 1.14 bits per heavy atom. The van der Waals surface area contributed by atoms with Crippen molar-refractivity contribution < 1.29 is 14.3 Å². The van der Waals surface area contributed by atoms with Gasteiger partial charge in [0.1, 0.15) is 5.75 Å². The highest BCUT2D eigenvalue weighted by Crippen LogP contribution is 2.27. The lowest BCUT2D eigenvalue weighted by Gasteiger charge is -2.09. The molecule has 0 aromatic heterocycles. The zero-order valence-electron chi connectivity index (χ0n) is 12.5. The van der Waals surface area contributed by atoms with E-state index in [0.717, 1.165) is 12.8 Å². The molecule has 0 saturated carbocycles. The molecule has 0 aliphatic carbocycles. The average Bonchev–Trinajstić information content (AvgIpc) is 2.48. The van der Waals surface area contributed by atoms with E-state index in [9.17, 15) is 9.59 Å². The SMILES string of the molecule is CCCCC(=O)NCCNC(=O)COc1ccc(Cl)cc1Cl. The van der Waals surface area contributed by atoms with Gasteiger partial charge in [0.25, 0.3) is 5.91 Å². The topological polar surface area (TPSA) is 67.4 Å². The van der Waals surface area contributed by atoms with Crippen LogP contribution in [0, 0.1) is 0 Å². The highest BCUT2D eigenvalue weighted by Gasteiger charge is 2.06.